The normalized spacial score (nSPS) is 10.9. The quantitative estimate of drug-likeness (QED) is 0.685. The van der Waals surface area contributed by atoms with Crippen LogP contribution in [0, 0.1) is 0 Å². The molecule has 0 unspecified atom stereocenters. The number of rotatable bonds is 1. The number of fused-ring (bicyclic) bond motifs is 1. The number of thiazole rings is 1. The number of nitrogens with two attached hydrogens (primary N) is 1. The van der Waals surface area contributed by atoms with E-state index in [1.54, 1.807) is 18.5 Å². The zero-order valence-corrected chi connectivity index (χ0v) is 10.2. The van der Waals surface area contributed by atoms with Crippen molar-refractivity contribution in [3.63, 3.8) is 0 Å². The van der Waals surface area contributed by atoms with Crippen LogP contribution < -0.4 is 5.73 Å². The van der Waals surface area contributed by atoms with Gasteiger partial charge in [-0.05, 0) is 18.2 Å². The average Bonchev–Trinajstić information content (AvgIpc) is 2.71. The smallest absolute Gasteiger partial charge is 0.190 e. The van der Waals surface area contributed by atoms with E-state index in [2.05, 4.69) is 15.0 Å². The molecule has 0 aliphatic carbocycles. The molecule has 1 aromatic carbocycles. The van der Waals surface area contributed by atoms with Crippen LogP contribution in [0.25, 0.3) is 21.0 Å². The highest BCUT2D eigenvalue weighted by Crippen LogP contribution is 2.30. The minimum Gasteiger partial charge on any atom is -0.399 e. The third-order valence-corrected chi connectivity index (χ3v) is 3.43. The summed E-state index contributed by atoms with van der Waals surface area (Å²) in [5.41, 5.74) is 7.90. The van der Waals surface area contributed by atoms with Crippen molar-refractivity contribution in [2.24, 2.45) is 0 Å². The largest absolute Gasteiger partial charge is 0.399 e. The van der Waals surface area contributed by atoms with Crippen LogP contribution in [-0.4, -0.2) is 15.0 Å². The summed E-state index contributed by atoms with van der Waals surface area (Å²) in [7, 11) is 0. The first-order valence-electron chi connectivity index (χ1n) is 4.86. The molecule has 84 valence electrons. The highest BCUT2D eigenvalue weighted by atomic mass is 35.5. The Bertz CT molecular complexity index is 642. The molecule has 2 aromatic heterocycles. The molecule has 0 spiro atoms. The molecule has 2 heterocycles. The van der Waals surface area contributed by atoms with Gasteiger partial charge in [0.2, 0.25) is 0 Å². The SMILES string of the molecule is Nc1cc(Cl)cc(-c2nc3nccnc3s2)c1. The summed E-state index contributed by atoms with van der Waals surface area (Å²) in [5, 5.41) is 1.42. The number of halogens is 1. The highest BCUT2D eigenvalue weighted by Gasteiger charge is 2.08. The maximum Gasteiger partial charge on any atom is 0.190 e. The van der Waals surface area contributed by atoms with Crippen molar-refractivity contribution in [3.8, 4) is 10.6 Å². The molecule has 3 rings (SSSR count). The molecule has 0 fully saturated rings. The van der Waals surface area contributed by atoms with Gasteiger partial charge in [-0.3, -0.25) is 0 Å². The molecule has 0 saturated heterocycles. The number of benzene rings is 1. The minimum atomic E-state index is 0.597. The van der Waals surface area contributed by atoms with E-state index in [4.69, 9.17) is 17.3 Å². The van der Waals surface area contributed by atoms with Crippen molar-refractivity contribution >= 4 is 39.1 Å². The number of hydrogen-bond donors (Lipinski definition) is 1. The molecule has 0 amide bonds. The molecular formula is C11H7ClN4S. The van der Waals surface area contributed by atoms with Crippen molar-refractivity contribution in [1.82, 2.24) is 15.0 Å². The lowest BCUT2D eigenvalue weighted by Gasteiger charge is -1.99. The van der Waals surface area contributed by atoms with E-state index in [0.29, 0.717) is 16.4 Å². The first-order chi connectivity index (χ1) is 8.22. The number of nitrogen functional groups attached to an aromatic ring is 1. The van der Waals surface area contributed by atoms with Gasteiger partial charge in [-0.15, -0.1) is 0 Å². The lowest BCUT2D eigenvalue weighted by atomic mass is 10.2. The van der Waals surface area contributed by atoms with Crippen molar-refractivity contribution in [1.29, 1.82) is 0 Å². The van der Waals surface area contributed by atoms with Gasteiger partial charge in [0.05, 0.1) is 0 Å². The molecule has 17 heavy (non-hydrogen) atoms. The standard InChI is InChI=1S/C11H7ClN4S/c12-7-3-6(4-8(13)5-7)10-16-9-11(17-10)15-2-1-14-9/h1-5H,13H2. The van der Waals surface area contributed by atoms with Gasteiger partial charge in [-0.1, -0.05) is 22.9 Å². The van der Waals surface area contributed by atoms with E-state index in [-0.39, 0.29) is 0 Å². The monoisotopic (exact) mass is 262 g/mol. The zero-order valence-electron chi connectivity index (χ0n) is 8.59. The molecular weight excluding hydrogens is 256 g/mol. The Morgan fingerprint density at radius 2 is 1.94 bits per heavy atom. The fraction of sp³-hybridized carbons (Fsp3) is 0. The lowest BCUT2D eigenvalue weighted by Crippen LogP contribution is -1.85. The van der Waals surface area contributed by atoms with E-state index in [1.807, 2.05) is 12.1 Å². The summed E-state index contributed by atoms with van der Waals surface area (Å²) >= 11 is 7.43. The molecule has 0 aliphatic heterocycles. The molecule has 0 bridgehead atoms. The van der Waals surface area contributed by atoms with Gasteiger partial charge in [0, 0.05) is 28.7 Å². The molecule has 0 atom stereocenters. The predicted octanol–water partition coefficient (Wildman–Crippen LogP) is 2.99. The highest BCUT2D eigenvalue weighted by molar-refractivity contribution is 7.21. The van der Waals surface area contributed by atoms with Crippen molar-refractivity contribution < 1.29 is 0 Å². The van der Waals surface area contributed by atoms with Crippen LogP contribution in [0.5, 0.6) is 0 Å². The van der Waals surface area contributed by atoms with E-state index >= 15 is 0 Å². The summed E-state index contributed by atoms with van der Waals surface area (Å²) in [5.74, 6) is 0. The van der Waals surface area contributed by atoms with E-state index in [9.17, 15) is 0 Å². The topological polar surface area (TPSA) is 64.7 Å². The Morgan fingerprint density at radius 3 is 2.71 bits per heavy atom. The number of anilines is 1. The fourth-order valence-electron chi connectivity index (χ4n) is 1.54. The molecule has 6 heteroatoms. The average molecular weight is 263 g/mol. The Labute approximate surface area is 106 Å². The van der Waals surface area contributed by atoms with Gasteiger partial charge in [-0.25, -0.2) is 15.0 Å². The second-order valence-corrected chi connectivity index (χ2v) is 4.89. The van der Waals surface area contributed by atoms with E-state index in [0.717, 1.165) is 15.4 Å². The molecule has 0 radical (unpaired) electrons. The lowest BCUT2D eigenvalue weighted by molar-refractivity contribution is 1.26. The molecule has 0 saturated carbocycles. The summed E-state index contributed by atoms with van der Waals surface area (Å²) in [6.45, 7) is 0. The first kappa shape index (κ1) is 10.4. The van der Waals surface area contributed by atoms with Gasteiger partial charge in [0.15, 0.2) is 10.5 Å². The summed E-state index contributed by atoms with van der Waals surface area (Å²) in [6, 6.07) is 5.37. The Morgan fingerprint density at radius 1 is 1.12 bits per heavy atom. The van der Waals surface area contributed by atoms with Crippen LogP contribution in [0.2, 0.25) is 5.02 Å². The van der Waals surface area contributed by atoms with E-state index < -0.39 is 0 Å². The number of aromatic nitrogens is 3. The van der Waals surface area contributed by atoms with Crippen LogP contribution in [0.3, 0.4) is 0 Å². The maximum atomic E-state index is 5.96. The van der Waals surface area contributed by atoms with Gasteiger partial charge in [0.1, 0.15) is 5.01 Å². The zero-order chi connectivity index (χ0) is 11.8. The predicted molar refractivity (Wildman–Crippen MR) is 70.1 cm³/mol. The Balaban J connectivity index is 2.20. The van der Waals surface area contributed by atoms with Crippen LogP contribution in [0.4, 0.5) is 5.69 Å². The Kier molecular flexibility index (Phi) is 2.42. The first-order valence-corrected chi connectivity index (χ1v) is 6.06. The van der Waals surface area contributed by atoms with Crippen molar-refractivity contribution in [2.45, 2.75) is 0 Å². The van der Waals surface area contributed by atoms with Gasteiger partial charge < -0.3 is 5.73 Å². The molecule has 3 aromatic rings. The van der Waals surface area contributed by atoms with Crippen LogP contribution in [0.1, 0.15) is 0 Å². The summed E-state index contributed by atoms with van der Waals surface area (Å²) < 4.78 is 0. The van der Waals surface area contributed by atoms with Gasteiger partial charge in [-0.2, -0.15) is 0 Å². The maximum absolute atomic E-state index is 5.96. The molecule has 0 aliphatic rings. The van der Waals surface area contributed by atoms with Crippen molar-refractivity contribution in [2.75, 3.05) is 5.73 Å². The van der Waals surface area contributed by atoms with Crippen LogP contribution in [0.15, 0.2) is 30.6 Å². The van der Waals surface area contributed by atoms with E-state index in [1.165, 1.54) is 11.3 Å². The summed E-state index contributed by atoms with van der Waals surface area (Å²) in [6.07, 6.45) is 3.27. The number of hydrogen-bond acceptors (Lipinski definition) is 5. The Hall–Kier alpha value is -1.72. The third kappa shape index (κ3) is 1.94. The fourth-order valence-corrected chi connectivity index (χ4v) is 2.63. The number of nitrogens with zero attached hydrogens (tertiary/aromatic N) is 3. The van der Waals surface area contributed by atoms with Crippen molar-refractivity contribution in [3.05, 3.63) is 35.6 Å². The van der Waals surface area contributed by atoms with Crippen LogP contribution in [-0.2, 0) is 0 Å². The van der Waals surface area contributed by atoms with Gasteiger partial charge in [0.25, 0.3) is 0 Å². The summed E-state index contributed by atoms with van der Waals surface area (Å²) in [4.78, 5) is 13.5. The van der Waals surface area contributed by atoms with Gasteiger partial charge >= 0.3 is 0 Å². The second-order valence-electron chi connectivity index (χ2n) is 3.48. The molecule has 4 nitrogen and oxygen atoms in total. The third-order valence-electron chi connectivity index (χ3n) is 2.21. The van der Waals surface area contributed by atoms with Crippen LogP contribution >= 0.6 is 22.9 Å². The molecule has 2 N–H and O–H groups in total. The minimum absolute atomic E-state index is 0.597. The second kappa shape index (κ2) is 3.94.